The van der Waals surface area contributed by atoms with Crippen molar-refractivity contribution in [3.63, 3.8) is 0 Å². The molecule has 0 atom stereocenters. The number of nitrogens with one attached hydrogen (secondary N) is 2. The SMILES string of the molecule is Cn1cc(N)c(C(=O)NCc2nn[nH]n2)n1. The first-order chi connectivity index (χ1) is 7.66. The number of carbonyl (C=O) groups is 1. The summed E-state index contributed by atoms with van der Waals surface area (Å²) < 4.78 is 1.47. The summed E-state index contributed by atoms with van der Waals surface area (Å²) in [6.45, 7) is 0.172. The lowest BCUT2D eigenvalue weighted by atomic mass is 10.3. The van der Waals surface area contributed by atoms with Gasteiger partial charge >= 0.3 is 0 Å². The van der Waals surface area contributed by atoms with E-state index in [1.165, 1.54) is 4.68 Å². The van der Waals surface area contributed by atoms with Gasteiger partial charge in [-0.15, -0.1) is 10.2 Å². The van der Waals surface area contributed by atoms with Crippen molar-refractivity contribution in [3.05, 3.63) is 17.7 Å². The molecule has 0 saturated heterocycles. The molecule has 0 aliphatic carbocycles. The van der Waals surface area contributed by atoms with Gasteiger partial charge in [-0.1, -0.05) is 5.21 Å². The van der Waals surface area contributed by atoms with E-state index in [1.54, 1.807) is 13.2 Å². The van der Waals surface area contributed by atoms with Crippen molar-refractivity contribution in [2.75, 3.05) is 5.73 Å². The quantitative estimate of drug-likeness (QED) is 0.576. The average molecular weight is 222 g/mol. The number of rotatable bonds is 3. The number of aromatic nitrogens is 6. The molecule has 16 heavy (non-hydrogen) atoms. The zero-order valence-electron chi connectivity index (χ0n) is 8.51. The van der Waals surface area contributed by atoms with E-state index in [0.717, 1.165) is 0 Å². The molecule has 0 spiro atoms. The number of aromatic amines is 1. The molecule has 0 fully saturated rings. The Balaban J connectivity index is 2.01. The van der Waals surface area contributed by atoms with Crippen molar-refractivity contribution in [2.24, 2.45) is 7.05 Å². The van der Waals surface area contributed by atoms with Crippen molar-refractivity contribution < 1.29 is 4.79 Å². The van der Waals surface area contributed by atoms with Crippen molar-refractivity contribution in [1.29, 1.82) is 0 Å². The lowest BCUT2D eigenvalue weighted by Crippen LogP contribution is -2.24. The topological polar surface area (TPSA) is 127 Å². The Kier molecular flexibility index (Phi) is 2.50. The molecule has 0 aliphatic rings. The number of aryl methyl sites for hydroxylation is 1. The van der Waals surface area contributed by atoms with Crippen LogP contribution in [0.25, 0.3) is 0 Å². The summed E-state index contributed by atoms with van der Waals surface area (Å²) in [6, 6.07) is 0. The second kappa shape index (κ2) is 3.96. The minimum Gasteiger partial charge on any atom is -0.396 e. The molecule has 9 heteroatoms. The molecular formula is C7H10N8O. The molecule has 0 radical (unpaired) electrons. The highest BCUT2D eigenvalue weighted by molar-refractivity contribution is 5.96. The molecule has 0 saturated carbocycles. The maximum atomic E-state index is 11.6. The van der Waals surface area contributed by atoms with Gasteiger partial charge in [-0.3, -0.25) is 9.48 Å². The number of hydrogen-bond donors (Lipinski definition) is 3. The number of amides is 1. The van der Waals surface area contributed by atoms with Crippen LogP contribution in [0.3, 0.4) is 0 Å². The Labute approximate surface area is 90.0 Å². The molecule has 4 N–H and O–H groups in total. The van der Waals surface area contributed by atoms with Gasteiger partial charge in [0, 0.05) is 13.2 Å². The smallest absolute Gasteiger partial charge is 0.274 e. The number of hydrogen-bond acceptors (Lipinski definition) is 6. The van der Waals surface area contributed by atoms with Crippen molar-refractivity contribution in [2.45, 2.75) is 6.54 Å². The molecule has 84 valence electrons. The molecular weight excluding hydrogens is 212 g/mol. The average Bonchev–Trinajstić information content (AvgIpc) is 2.84. The summed E-state index contributed by atoms with van der Waals surface area (Å²) in [4.78, 5) is 11.6. The van der Waals surface area contributed by atoms with Gasteiger partial charge in [-0.05, 0) is 0 Å². The number of anilines is 1. The molecule has 2 rings (SSSR count). The zero-order chi connectivity index (χ0) is 11.5. The van der Waals surface area contributed by atoms with E-state index in [1.807, 2.05) is 0 Å². The fourth-order valence-electron chi connectivity index (χ4n) is 1.18. The van der Waals surface area contributed by atoms with Gasteiger partial charge in [0.2, 0.25) is 0 Å². The number of carbonyl (C=O) groups excluding carboxylic acids is 1. The third kappa shape index (κ3) is 1.97. The second-order valence-corrected chi connectivity index (χ2v) is 3.12. The lowest BCUT2D eigenvalue weighted by molar-refractivity contribution is 0.0945. The first-order valence-corrected chi connectivity index (χ1v) is 4.46. The predicted molar refractivity (Wildman–Crippen MR) is 53.0 cm³/mol. The number of nitrogen functional groups attached to an aromatic ring is 1. The monoisotopic (exact) mass is 222 g/mol. The highest BCUT2D eigenvalue weighted by Gasteiger charge is 2.14. The van der Waals surface area contributed by atoms with E-state index in [0.29, 0.717) is 11.5 Å². The summed E-state index contributed by atoms with van der Waals surface area (Å²) in [6.07, 6.45) is 1.56. The molecule has 1 amide bonds. The van der Waals surface area contributed by atoms with Crippen LogP contribution < -0.4 is 11.1 Å². The minimum absolute atomic E-state index is 0.172. The van der Waals surface area contributed by atoms with E-state index >= 15 is 0 Å². The summed E-state index contributed by atoms with van der Waals surface area (Å²) in [5, 5.41) is 19.5. The van der Waals surface area contributed by atoms with Gasteiger partial charge in [-0.25, -0.2) is 0 Å². The maximum absolute atomic E-state index is 11.6. The van der Waals surface area contributed by atoms with Crippen LogP contribution in [0.4, 0.5) is 5.69 Å². The van der Waals surface area contributed by atoms with Gasteiger partial charge in [-0.2, -0.15) is 10.3 Å². The Morgan fingerprint density at radius 2 is 2.50 bits per heavy atom. The first kappa shape index (κ1) is 10.1. The fraction of sp³-hybridized carbons (Fsp3) is 0.286. The van der Waals surface area contributed by atoms with E-state index < -0.39 is 0 Å². The van der Waals surface area contributed by atoms with Gasteiger partial charge in [0.15, 0.2) is 11.5 Å². The molecule has 9 nitrogen and oxygen atoms in total. The van der Waals surface area contributed by atoms with Gasteiger partial charge in [0.1, 0.15) is 0 Å². The van der Waals surface area contributed by atoms with Gasteiger partial charge in [0.05, 0.1) is 12.2 Å². The summed E-state index contributed by atoms with van der Waals surface area (Å²) in [5.41, 5.74) is 6.11. The molecule has 0 bridgehead atoms. The predicted octanol–water partition coefficient (Wildman–Crippen LogP) is -1.55. The van der Waals surface area contributed by atoms with Crippen LogP contribution in [0.2, 0.25) is 0 Å². The van der Waals surface area contributed by atoms with Gasteiger partial charge < -0.3 is 11.1 Å². The Morgan fingerprint density at radius 3 is 3.06 bits per heavy atom. The number of H-pyrrole nitrogens is 1. The van der Waals surface area contributed by atoms with Gasteiger partial charge in [0.25, 0.3) is 5.91 Å². The van der Waals surface area contributed by atoms with Crippen molar-refractivity contribution >= 4 is 11.6 Å². The van der Waals surface area contributed by atoms with Crippen LogP contribution in [0.1, 0.15) is 16.3 Å². The molecule has 2 aromatic heterocycles. The highest BCUT2D eigenvalue weighted by atomic mass is 16.2. The van der Waals surface area contributed by atoms with Crippen LogP contribution in [0.15, 0.2) is 6.20 Å². The van der Waals surface area contributed by atoms with Crippen LogP contribution in [0.5, 0.6) is 0 Å². The van der Waals surface area contributed by atoms with E-state index in [4.69, 9.17) is 5.73 Å². The number of nitrogens with zero attached hydrogens (tertiary/aromatic N) is 5. The fourth-order valence-corrected chi connectivity index (χ4v) is 1.18. The molecule has 2 heterocycles. The normalized spacial score (nSPS) is 10.3. The van der Waals surface area contributed by atoms with Crippen LogP contribution >= 0.6 is 0 Å². The summed E-state index contributed by atoms with van der Waals surface area (Å²) >= 11 is 0. The Morgan fingerprint density at radius 1 is 1.69 bits per heavy atom. The highest BCUT2D eigenvalue weighted by Crippen LogP contribution is 2.07. The minimum atomic E-state index is -0.372. The summed E-state index contributed by atoms with van der Waals surface area (Å²) in [5.74, 6) is 0.0192. The number of nitrogens with two attached hydrogens (primary N) is 1. The summed E-state index contributed by atoms with van der Waals surface area (Å²) in [7, 11) is 1.69. The van der Waals surface area contributed by atoms with E-state index in [9.17, 15) is 4.79 Å². The van der Waals surface area contributed by atoms with Crippen molar-refractivity contribution in [3.8, 4) is 0 Å². The largest absolute Gasteiger partial charge is 0.396 e. The molecule has 2 aromatic rings. The molecule has 0 aromatic carbocycles. The number of tetrazole rings is 1. The van der Waals surface area contributed by atoms with E-state index in [2.05, 4.69) is 31.0 Å². The zero-order valence-corrected chi connectivity index (χ0v) is 8.51. The van der Waals surface area contributed by atoms with Crippen molar-refractivity contribution in [1.82, 2.24) is 35.7 Å². The standard InChI is InChI=1S/C7H10N8O/c1-15-3-4(8)6(12-15)7(16)9-2-5-10-13-14-11-5/h3H,2,8H2,1H3,(H,9,16)(H,10,11,13,14). The lowest BCUT2D eigenvalue weighted by Gasteiger charge is -1.99. The van der Waals surface area contributed by atoms with Crippen LogP contribution in [-0.2, 0) is 13.6 Å². The third-order valence-electron chi connectivity index (χ3n) is 1.87. The van der Waals surface area contributed by atoms with Crippen LogP contribution in [-0.4, -0.2) is 36.3 Å². The van der Waals surface area contributed by atoms with E-state index in [-0.39, 0.29) is 18.1 Å². The molecule has 0 aliphatic heterocycles. The molecule has 0 unspecified atom stereocenters. The third-order valence-corrected chi connectivity index (χ3v) is 1.87. The maximum Gasteiger partial charge on any atom is 0.274 e. The second-order valence-electron chi connectivity index (χ2n) is 3.12. The Hall–Kier alpha value is -2.45. The Bertz CT molecular complexity index is 486. The van der Waals surface area contributed by atoms with Crippen LogP contribution in [0, 0.1) is 0 Å². The first-order valence-electron chi connectivity index (χ1n) is 4.46.